The Morgan fingerprint density at radius 1 is 1.14 bits per heavy atom. The zero-order chi connectivity index (χ0) is 35.0. The fourth-order valence-corrected chi connectivity index (χ4v) is 8.06. The van der Waals surface area contributed by atoms with Crippen molar-refractivity contribution in [2.24, 2.45) is 5.16 Å². The van der Waals surface area contributed by atoms with Gasteiger partial charge in [0.2, 0.25) is 0 Å². The molecule has 2 aromatic heterocycles. The van der Waals surface area contributed by atoms with E-state index in [-0.39, 0.29) is 28.8 Å². The lowest BCUT2D eigenvalue weighted by atomic mass is 10.0. The number of rotatable bonds is 13. The first kappa shape index (κ1) is 34.7. The van der Waals surface area contributed by atoms with Crippen LogP contribution in [-0.4, -0.2) is 62.1 Å². The summed E-state index contributed by atoms with van der Waals surface area (Å²) >= 11 is 3.90. The van der Waals surface area contributed by atoms with Crippen molar-refractivity contribution in [3.05, 3.63) is 141 Å². The summed E-state index contributed by atoms with van der Waals surface area (Å²) < 4.78 is 6.24. The van der Waals surface area contributed by atoms with Crippen LogP contribution in [0.25, 0.3) is 6.08 Å². The number of benzene rings is 2. The van der Waals surface area contributed by atoms with Crippen LogP contribution < -0.4 is 11.1 Å². The van der Waals surface area contributed by atoms with Crippen LogP contribution in [0.15, 0.2) is 118 Å². The minimum absolute atomic E-state index is 0.0591. The summed E-state index contributed by atoms with van der Waals surface area (Å²) in [6, 6.07) is 21.8. The molecule has 0 bridgehead atoms. The van der Waals surface area contributed by atoms with Gasteiger partial charge in [-0.05, 0) is 41.2 Å². The van der Waals surface area contributed by atoms with Gasteiger partial charge in [0.05, 0.1) is 0 Å². The summed E-state index contributed by atoms with van der Waals surface area (Å²) in [5.41, 5.74) is 9.36. The first-order valence-electron chi connectivity index (χ1n) is 15.4. The van der Waals surface area contributed by atoms with E-state index in [1.54, 1.807) is 11.6 Å². The van der Waals surface area contributed by atoms with Crippen LogP contribution in [0.5, 0.6) is 0 Å². The molecule has 4 heterocycles. The molecule has 2 aliphatic heterocycles. The second-order valence-electron chi connectivity index (χ2n) is 11.0. The lowest BCUT2D eigenvalue weighted by molar-refractivity contribution is -0.154. The second kappa shape index (κ2) is 16.0. The van der Waals surface area contributed by atoms with Gasteiger partial charge >= 0.3 is 5.97 Å². The lowest BCUT2D eigenvalue weighted by Gasteiger charge is -2.49. The van der Waals surface area contributed by atoms with E-state index in [2.05, 4.69) is 27.0 Å². The van der Waals surface area contributed by atoms with E-state index in [9.17, 15) is 14.4 Å². The van der Waals surface area contributed by atoms with Gasteiger partial charge in [0, 0.05) is 27.9 Å². The maximum absolute atomic E-state index is 14.3. The Balaban J connectivity index is 1.28. The molecule has 4 aromatic rings. The van der Waals surface area contributed by atoms with Crippen LogP contribution in [0.3, 0.4) is 0 Å². The monoisotopic (exact) mass is 724 g/mol. The molecule has 3 N–H and O–H groups in total. The number of esters is 1. The Labute approximate surface area is 301 Å². The highest BCUT2D eigenvalue weighted by atomic mass is 32.2. The number of aromatic nitrogens is 2. The van der Waals surface area contributed by atoms with E-state index in [0.717, 1.165) is 33.7 Å². The first-order valence-corrected chi connectivity index (χ1v) is 18.2. The molecule has 2 amide bonds. The Morgan fingerprint density at radius 3 is 2.48 bits per heavy atom. The van der Waals surface area contributed by atoms with Gasteiger partial charge in [0.25, 0.3) is 11.8 Å². The molecule has 1 saturated heterocycles. The van der Waals surface area contributed by atoms with Gasteiger partial charge < -0.3 is 20.6 Å². The molecule has 1 unspecified atom stereocenters. The number of carbonyl (C=O) groups is 3. The summed E-state index contributed by atoms with van der Waals surface area (Å²) in [7, 11) is 0. The number of nitrogen functional groups attached to an aromatic ring is 1. The van der Waals surface area contributed by atoms with Gasteiger partial charge in [-0.2, -0.15) is 0 Å². The van der Waals surface area contributed by atoms with Gasteiger partial charge in [-0.25, -0.2) is 9.78 Å². The molecule has 2 atom stereocenters. The summed E-state index contributed by atoms with van der Waals surface area (Å²) in [4.78, 5) is 57.3. The van der Waals surface area contributed by atoms with Gasteiger partial charge in [-0.1, -0.05) is 96.3 Å². The summed E-state index contributed by atoms with van der Waals surface area (Å²) in [5.74, 6) is -1.40. The average Bonchev–Trinajstić information content (AvgIpc) is 3.57. The average molecular weight is 725 g/mol. The van der Waals surface area contributed by atoms with Crippen LogP contribution in [-0.2, 0) is 24.0 Å². The van der Waals surface area contributed by atoms with E-state index >= 15 is 0 Å². The molecule has 254 valence electrons. The van der Waals surface area contributed by atoms with Crippen molar-refractivity contribution in [1.29, 1.82) is 0 Å². The van der Waals surface area contributed by atoms with Crippen molar-refractivity contribution < 1.29 is 24.0 Å². The Hall–Kier alpha value is -5.18. The number of β-lactam (4-membered cyclic amide) rings is 1. The third-order valence-electron chi connectivity index (χ3n) is 7.58. The summed E-state index contributed by atoms with van der Waals surface area (Å²) in [6.45, 7) is 5.56. The number of nitrogens with zero attached hydrogens (tertiary/aromatic N) is 4. The van der Waals surface area contributed by atoms with Crippen LogP contribution in [0.1, 0.15) is 34.2 Å². The van der Waals surface area contributed by atoms with Crippen LogP contribution in [0.4, 0.5) is 5.13 Å². The normalized spacial score (nSPS) is 17.4. The second-order valence-corrected chi connectivity index (χ2v) is 14.0. The molecule has 6 rings (SSSR count). The Bertz CT molecular complexity index is 1930. The fraction of sp³-hybridized carbons (Fsp3) is 0.167. The molecular weight excluding hydrogens is 693 g/mol. The van der Waals surface area contributed by atoms with Gasteiger partial charge in [0.15, 0.2) is 16.9 Å². The first-order chi connectivity index (χ1) is 24.3. The highest BCUT2D eigenvalue weighted by Gasteiger charge is 2.55. The molecule has 0 aliphatic carbocycles. The van der Waals surface area contributed by atoms with Crippen molar-refractivity contribution >= 4 is 69.6 Å². The standard InChI is InChI=1S/C36H32N6O5S3/c1-3-17-46-41-28(26-20-50-36(37)39-26)32(43)40-29-33(44)42-30(27(21-49-34(29)42)48-18-16-23-15-14-22(2)38-19-23)35(45)47-31(24-10-6-4-7-11-24)25-12-8-5-9-13-25/h3-16,18-20,29,31,34H,1,17,21H2,2H3,(H2,37,39)(H,40,43)/b18-16-,41-28?/t29?,34-/m1/s1. The fourth-order valence-electron chi connectivity index (χ4n) is 5.16. The van der Waals surface area contributed by atoms with Crippen molar-refractivity contribution in [2.45, 2.75) is 24.4 Å². The Morgan fingerprint density at radius 2 is 1.86 bits per heavy atom. The molecule has 14 heteroatoms. The van der Waals surface area contributed by atoms with E-state index < -0.39 is 35.3 Å². The number of ether oxygens (including phenoxy) is 1. The number of oxime groups is 1. The number of hydrogen-bond donors (Lipinski definition) is 2. The van der Waals surface area contributed by atoms with Gasteiger partial charge in [-0.15, -0.1) is 23.1 Å². The molecule has 11 nitrogen and oxygen atoms in total. The summed E-state index contributed by atoms with van der Waals surface area (Å²) in [5, 5.41) is 9.81. The van der Waals surface area contributed by atoms with E-state index in [1.807, 2.05) is 91.2 Å². The third-order valence-corrected chi connectivity index (χ3v) is 10.6. The largest absolute Gasteiger partial charge is 0.448 e. The molecule has 2 aliphatic rings. The number of thiazole rings is 1. The topological polar surface area (TPSA) is 149 Å². The van der Waals surface area contributed by atoms with E-state index in [1.165, 1.54) is 34.5 Å². The molecule has 2 aromatic carbocycles. The maximum Gasteiger partial charge on any atom is 0.356 e. The van der Waals surface area contributed by atoms with E-state index in [4.69, 9.17) is 15.3 Å². The summed E-state index contributed by atoms with van der Waals surface area (Å²) in [6.07, 6.45) is 4.41. The van der Waals surface area contributed by atoms with Crippen LogP contribution >= 0.6 is 34.9 Å². The van der Waals surface area contributed by atoms with Crippen LogP contribution in [0, 0.1) is 6.92 Å². The molecule has 0 radical (unpaired) electrons. The molecule has 1 fully saturated rings. The third kappa shape index (κ3) is 7.83. The van der Waals surface area contributed by atoms with Crippen molar-refractivity contribution in [2.75, 3.05) is 18.1 Å². The molecule has 50 heavy (non-hydrogen) atoms. The number of fused-ring (bicyclic) bond motifs is 1. The van der Waals surface area contributed by atoms with E-state index in [0.29, 0.717) is 10.7 Å². The number of hydrogen-bond acceptors (Lipinski definition) is 12. The number of aryl methyl sites for hydroxylation is 1. The molecule has 0 spiro atoms. The lowest BCUT2D eigenvalue weighted by Crippen LogP contribution is -2.71. The SMILES string of the molecule is C=CCON=C(C(=O)NC1C(=O)N2C(C(=O)OC(c3ccccc3)c3ccccc3)=C(S/C=C\c3ccc(C)nc3)CS[C@H]12)c1csc(N)n1. The molecule has 0 saturated carbocycles. The van der Waals surface area contributed by atoms with Gasteiger partial charge in [-0.3, -0.25) is 19.5 Å². The Kier molecular flexibility index (Phi) is 11.1. The maximum atomic E-state index is 14.3. The molecular formula is C36H32N6O5S3. The highest BCUT2D eigenvalue weighted by Crippen LogP contribution is 2.45. The minimum atomic E-state index is -0.948. The van der Waals surface area contributed by atoms with Gasteiger partial charge in [0.1, 0.15) is 29.4 Å². The number of nitrogens with two attached hydrogens (primary N) is 1. The number of thioether (sulfide) groups is 2. The zero-order valence-electron chi connectivity index (χ0n) is 26.8. The highest BCUT2D eigenvalue weighted by molar-refractivity contribution is 8.08. The number of pyridine rings is 1. The number of nitrogens with one attached hydrogen (secondary N) is 1. The smallest absolute Gasteiger partial charge is 0.356 e. The number of amides is 2. The number of anilines is 1. The predicted octanol–water partition coefficient (Wildman–Crippen LogP) is 5.68. The predicted molar refractivity (Wildman–Crippen MR) is 198 cm³/mol. The number of carbonyl (C=O) groups excluding carboxylic acids is 3. The quantitative estimate of drug-likeness (QED) is 0.0440. The minimum Gasteiger partial charge on any atom is -0.448 e. The van der Waals surface area contributed by atoms with Crippen molar-refractivity contribution in [1.82, 2.24) is 20.2 Å². The van der Waals surface area contributed by atoms with Crippen molar-refractivity contribution in [3.8, 4) is 0 Å². The zero-order valence-corrected chi connectivity index (χ0v) is 29.3. The van der Waals surface area contributed by atoms with Crippen LogP contribution in [0.2, 0.25) is 0 Å². The van der Waals surface area contributed by atoms with Crippen molar-refractivity contribution in [3.63, 3.8) is 0 Å².